The van der Waals surface area contributed by atoms with Crippen molar-refractivity contribution < 1.29 is 42.6 Å². The minimum atomic E-state index is -0.253. The molecular formula is C121H184O9. The van der Waals surface area contributed by atoms with Crippen LogP contribution in [0.3, 0.4) is 0 Å². The van der Waals surface area contributed by atoms with Gasteiger partial charge < -0.3 is 42.6 Å². The van der Waals surface area contributed by atoms with Gasteiger partial charge in [0.25, 0.3) is 0 Å². The summed E-state index contributed by atoms with van der Waals surface area (Å²) in [5, 5.41) is 0. The summed E-state index contributed by atoms with van der Waals surface area (Å²) in [4.78, 5) is 0. The third-order valence-electron chi connectivity index (χ3n) is 37.2. The van der Waals surface area contributed by atoms with E-state index in [0.717, 1.165) is 79.2 Å². The minimum absolute atomic E-state index is 0.00704. The highest BCUT2D eigenvalue weighted by molar-refractivity contribution is 5.87. The highest BCUT2D eigenvalue weighted by Gasteiger charge is 2.58. The molecule has 130 heavy (non-hydrogen) atoms. The van der Waals surface area contributed by atoms with Gasteiger partial charge in [0.1, 0.15) is 58.7 Å². The molecule has 0 bridgehead atoms. The van der Waals surface area contributed by atoms with E-state index in [1.807, 2.05) is 66.5 Å². The Balaban J connectivity index is 0.000000171. The molecule has 9 heteroatoms. The minimum Gasteiger partial charge on any atom is -0.498 e. The number of fused-ring (bicyclic) bond motifs is 10. The molecular weight excluding hydrogens is 1600 g/mol. The first-order chi connectivity index (χ1) is 59.6. The predicted molar refractivity (Wildman–Crippen MR) is 551 cm³/mol. The van der Waals surface area contributed by atoms with Crippen molar-refractivity contribution in [3.05, 3.63) is 221 Å². The number of allylic oxidation sites excluding steroid dienone is 14. The summed E-state index contributed by atoms with van der Waals surface area (Å²) in [6, 6.07) is 36.4. The monoisotopic (exact) mass is 1780 g/mol. The van der Waals surface area contributed by atoms with Crippen molar-refractivity contribution in [2.45, 2.75) is 445 Å². The topological polar surface area (TPSA) is 83.1 Å². The average molecular weight is 1780 g/mol. The van der Waals surface area contributed by atoms with E-state index in [-0.39, 0.29) is 71.7 Å². The van der Waals surface area contributed by atoms with Gasteiger partial charge >= 0.3 is 0 Å². The Morgan fingerprint density at radius 2 is 0.577 bits per heavy atom. The van der Waals surface area contributed by atoms with Crippen LogP contribution in [0, 0.1) is 43.3 Å². The quantitative estimate of drug-likeness (QED) is 0.160. The van der Waals surface area contributed by atoms with Crippen LogP contribution in [0.1, 0.15) is 417 Å². The number of hydrogen-bond acceptors (Lipinski definition) is 9. The fraction of sp³-hybridized carbons (Fsp3) is 0.653. The second kappa shape index (κ2) is 38.3. The summed E-state index contributed by atoms with van der Waals surface area (Å²) in [7, 11) is 0. The summed E-state index contributed by atoms with van der Waals surface area (Å²) in [5.74, 6) is 6.93. The molecule has 4 aromatic carbocycles. The lowest BCUT2D eigenvalue weighted by Crippen LogP contribution is -2.54. The molecule has 9 nitrogen and oxygen atoms in total. The zero-order valence-electron chi connectivity index (χ0n) is 91.1. The van der Waals surface area contributed by atoms with Crippen LogP contribution < -0.4 is 0 Å². The lowest BCUT2D eigenvalue weighted by molar-refractivity contribution is -0.167. The van der Waals surface area contributed by atoms with Crippen LogP contribution in [0.2, 0.25) is 0 Å². The maximum Gasteiger partial charge on any atom is 0.142 e. The van der Waals surface area contributed by atoms with E-state index in [0.29, 0.717) is 34.9 Å². The molecule has 0 atom stereocenters. The van der Waals surface area contributed by atoms with E-state index >= 15 is 0 Å². The van der Waals surface area contributed by atoms with Gasteiger partial charge in [-0.15, -0.1) is 0 Å². The average Bonchev–Trinajstić information content (AvgIpc) is 1.51. The van der Waals surface area contributed by atoms with Crippen molar-refractivity contribution in [3.8, 4) is 22.3 Å². The number of ether oxygens (including phenoxy) is 9. The molecule has 0 saturated heterocycles. The molecule has 7 heterocycles. The van der Waals surface area contributed by atoms with Crippen LogP contribution >= 0.6 is 0 Å². The van der Waals surface area contributed by atoms with E-state index < -0.39 is 0 Å². The molecule has 0 amide bonds. The molecule has 2 saturated carbocycles. The molecule has 2 fully saturated rings. The maximum atomic E-state index is 6.20. The summed E-state index contributed by atoms with van der Waals surface area (Å²) in [5.41, 5.74) is 30.0. The van der Waals surface area contributed by atoms with Crippen molar-refractivity contribution in [1.82, 2.24) is 0 Å². The summed E-state index contributed by atoms with van der Waals surface area (Å²) in [6.07, 6.45) is 19.4. The zero-order valence-corrected chi connectivity index (χ0v) is 91.1. The zero-order chi connectivity index (χ0) is 97.9. The lowest BCUT2D eigenvalue weighted by Gasteiger charge is -2.56. The first-order valence-electron chi connectivity index (χ1n) is 50.1. The van der Waals surface area contributed by atoms with Gasteiger partial charge in [0, 0.05) is 27.1 Å². The van der Waals surface area contributed by atoms with Crippen LogP contribution in [-0.4, -0.2) is 65.6 Å². The Hall–Kier alpha value is -6.94. The lowest BCUT2D eigenvalue weighted by atomic mass is 9.55. The molecule has 0 radical (unpaired) electrons. The van der Waals surface area contributed by atoms with Gasteiger partial charge in [0.05, 0.1) is 47.3 Å². The van der Waals surface area contributed by atoms with Crippen molar-refractivity contribution in [2.75, 3.05) is 26.4 Å². The molecule has 0 N–H and O–H groups in total. The van der Waals surface area contributed by atoms with Gasteiger partial charge in [-0.25, -0.2) is 0 Å². The SMILES string of the molecule is CC1=C(C)C(C)(C)C(C)(C)C(C)(C)O1.CC1=C(C)C(C)(C)C(C)(C)OC1(C)C.CC1=C(C)C(C)(C)CC(C)(C)O1.CC1=C(C)C(C)(C)CCO1.CC1=C(C)C(C)(C)OCC1(C)C.CC1=C(C)C2(CCC13c1ccccc1-c1ccccc13)c1ccccc1-c1ccccc12.CC1=C(C)C2(CCCC2)CCC12CCCC2.CC1=C(C)OC(C)(C)C(C)(C)O1.CC1=C(C)OCCO1. The second-order valence-corrected chi connectivity index (χ2v) is 48.4. The van der Waals surface area contributed by atoms with Gasteiger partial charge in [-0.2, -0.15) is 0 Å². The largest absolute Gasteiger partial charge is 0.498 e. The number of hydrogen-bond donors (Lipinski definition) is 0. The normalized spacial score (nSPS) is 25.2. The first kappa shape index (κ1) is 107. The highest BCUT2D eigenvalue weighted by atomic mass is 16.6. The third-order valence-corrected chi connectivity index (χ3v) is 37.2. The third kappa shape index (κ3) is 20.5. The Bertz CT molecular complexity index is 4770. The molecule has 6 aliphatic carbocycles. The fourth-order valence-electron chi connectivity index (χ4n) is 23.6. The van der Waals surface area contributed by atoms with Crippen molar-refractivity contribution >= 4 is 0 Å². The van der Waals surface area contributed by atoms with E-state index in [9.17, 15) is 0 Å². The van der Waals surface area contributed by atoms with Crippen LogP contribution in [0.5, 0.6) is 0 Å². The van der Waals surface area contributed by atoms with Crippen LogP contribution in [0.25, 0.3) is 22.3 Å². The first-order valence-corrected chi connectivity index (χ1v) is 50.1. The van der Waals surface area contributed by atoms with Gasteiger partial charge in [-0.05, 0) is 385 Å². The molecule has 4 spiro atoms. The Labute approximate surface area is 795 Å². The fourth-order valence-corrected chi connectivity index (χ4v) is 23.6. The summed E-state index contributed by atoms with van der Waals surface area (Å²) >= 11 is 0. The van der Waals surface area contributed by atoms with Crippen molar-refractivity contribution in [2.24, 2.45) is 43.3 Å². The highest BCUT2D eigenvalue weighted by Crippen LogP contribution is 2.67. The standard InChI is InChI=1S/C32H26.C16H26.2C13H24O.2C11H20O.C10H18O2.C9H16O.C6H10O2/c1-21-22(2)32(29-17-9-5-13-25(29)26-14-6-10-18-30(26)32)20-19-31(21)27-15-7-3-11-23(27)24-12-4-8-16-28(24)31;1-13-14(2)16(9-5-6-10-16)12-11-15(13)7-3-4-8-15;1-9-10(2)14-13(7,8)12(5,6)11(9,3)4;1-9-10(2)12(5,6)14-13(7,8)11(9,3)4;1-8-9(2)11(5,6)12-7-10(8,3)4;1-8-9(2)12-11(5,6)7-10(8,3)4;1-7-8(2)12-10(5,6)9(3,4)11-7;1-7-8(2)10-6-5-9(7,3)4;1-5-6(2)8-4-3-7-5/h3-18H,19-20H2,1-2H3;3-12H2,1-2H3;2*1-8H3;2*7H2,1-6H3;1-6H3;5-6H2,1-4H3;3-4H2,1-2H3. The van der Waals surface area contributed by atoms with Crippen molar-refractivity contribution in [1.29, 1.82) is 0 Å². The smallest absolute Gasteiger partial charge is 0.142 e. The molecule has 13 aliphatic rings. The number of rotatable bonds is 0. The van der Waals surface area contributed by atoms with Crippen LogP contribution in [0.15, 0.2) is 199 Å². The maximum absolute atomic E-state index is 6.20. The summed E-state index contributed by atoms with van der Waals surface area (Å²) in [6.45, 7) is 99.3. The van der Waals surface area contributed by atoms with Gasteiger partial charge in [-0.1, -0.05) is 239 Å². The van der Waals surface area contributed by atoms with E-state index in [4.69, 9.17) is 42.6 Å². The Morgan fingerprint density at radius 3 is 0.923 bits per heavy atom. The van der Waals surface area contributed by atoms with Crippen LogP contribution in [0.4, 0.5) is 0 Å². The molecule has 722 valence electrons. The van der Waals surface area contributed by atoms with Crippen molar-refractivity contribution in [3.63, 3.8) is 0 Å². The van der Waals surface area contributed by atoms with Crippen LogP contribution in [-0.2, 0) is 53.5 Å². The summed E-state index contributed by atoms with van der Waals surface area (Å²) < 4.78 is 51.0. The second-order valence-electron chi connectivity index (χ2n) is 48.4. The van der Waals surface area contributed by atoms with E-state index in [1.165, 1.54) is 159 Å². The Morgan fingerprint density at radius 1 is 0.238 bits per heavy atom. The predicted octanol–water partition coefficient (Wildman–Crippen LogP) is 34.9. The molecule has 4 aromatic rings. The van der Waals surface area contributed by atoms with Gasteiger partial charge in [0.15, 0.2) is 0 Å². The number of benzene rings is 4. The van der Waals surface area contributed by atoms with E-state index in [2.05, 4.69) is 346 Å². The Kier molecular flexibility index (Phi) is 31.5. The van der Waals surface area contributed by atoms with Gasteiger partial charge in [0.2, 0.25) is 0 Å². The van der Waals surface area contributed by atoms with Gasteiger partial charge in [-0.3, -0.25) is 0 Å². The molecule has 17 rings (SSSR count). The molecule has 0 aromatic heterocycles. The molecule has 7 aliphatic heterocycles. The molecule has 0 unspecified atom stereocenters. The van der Waals surface area contributed by atoms with E-state index in [1.54, 1.807) is 0 Å².